The van der Waals surface area contributed by atoms with Crippen LogP contribution in [0.3, 0.4) is 0 Å². The summed E-state index contributed by atoms with van der Waals surface area (Å²) in [5.41, 5.74) is 0.769. The summed E-state index contributed by atoms with van der Waals surface area (Å²) in [7, 11) is 1.44. The van der Waals surface area contributed by atoms with Gasteiger partial charge in [-0.3, -0.25) is 20.2 Å². The van der Waals surface area contributed by atoms with E-state index in [9.17, 15) is 20.2 Å². The molecule has 0 saturated carbocycles. The minimum absolute atomic E-state index is 0.135. The Hall–Kier alpha value is -3.37. The molecule has 0 unspecified atom stereocenters. The maximum absolute atomic E-state index is 11.3. The number of nitrogens with one attached hydrogen (secondary N) is 1. The number of halogens is 2. The number of nitrogens with zero attached hydrogens (tertiary/aromatic N) is 2. The molecule has 3 rings (SSSR count). The van der Waals surface area contributed by atoms with E-state index in [2.05, 4.69) is 21.2 Å². The zero-order chi connectivity index (χ0) is 22.5. The zero-order valence-electron chi connectivity index (χ0n) is 16.0. The third-order valence-corrected chi connectivity index (χ3v) is 5.45. The van der Waals surface area contributed by atoms with Crippen LogP contribution >= 0.6 is 27.5 Å². The van der Waals surface area contributed by atoms with Crippen molar-refractivity contribution in [2.75, 3.05) is 12.4 Å². The van der Waals surface area contributed by atoms with Gasteiger partial charge in [0.15, 0.2) is 11.5 Å². The topological polar surface area (TPSA) is 117 Å². The Labute approximate surface area is 190 Å². The largest absolute Gasteiger partial charge is 0.493 e. The van der Waals surface area contributed by atoms with Crippen molar-refractivity contribution in [1.82, 2.24) is 0 Å². The molecule has 1 N–H and O–H groups in total. The molecule has 0 heterocycles. The van der Waals surface area contributed by atoms with Gasteiger partial charge in [0, 0.05) is 22.8 Å². The number of methoxy groups -OCH3 is 1. The molecule has 0 saturated heterocycles. The van der Waals surface area contributed by atoms with Crippen LogP contribution in [0.5, 0.6) is 17.2 Å². The summed E-state index contributed by atoms with van der Waals surface area (Å²) in [5, 5.41) is 26.0. The molecule has 0 aromatic heterocycles. The minimum atomic E-state index is -0.740. The molecule has 0 bridgehead atoms. The van der Waals surface area contributed by atoms with Crippen LogP contribution in [0.2, 0.25) is 5.02 Å². The second kappa shape index (κ2) is 9.63. The van der Waals surface area contributed by atoms with Crippen molar-refractivity contribution in [1.29, 1.82) is 0 Å². The number of anilines is 1. The number of hydrogen-bond donors (Lipinski definition) is 1. The molecule has 0 fully saturated rings. The summed E-state index contributed by atoms with van der Waals surface area (Å²) in [4.78, 5) is 20.8. The van der Waals surface area contributed by atoms with E-state index < -0.39 is 21.2 Å². The van der Waals surface area contributed by atoms with E-state index in [4.69, 9.17) is 21.1 Å². The number of nitro benzene ring substituents is 2. The lowest BCUT2D eigenvalue weighted by molar-refractivity contribution is -0.394. The Bertz CT molecular complexity index is 1160. The number of nitro groups is 2. The Morgan fingerprint density at radius 3 is 2.35 bits per heavy atom. The van der Waals surface area contributed by atoms with Crippen LogP contribution in [0.25, 0.3) is 0 Å². The van der Waals surface area contributed by atoms with E-state index in [1.54, 1.807) is 24.3 Å². The van der Waals surface area contributed by atoms with Gasteiger partial charge in [-0.25, -0.2) is 0 Å². The molecule has 3 aromatic rings. The first kappa shape index (κ1) is 22.3. The van der Waals surface area contributed by atoms with Crippen LogP contribution in [-0.4, -0.2) is 17.0 Å². The Balaban J connectivity index is 1.81. The van der Waals surface area contributed by atoms with Gasteiger partial charge in [0.25, 0.3) is 5.69 Å². The second-order valence-corrected chi connectivity index (χ2v) is 7.50. The van der Waals surface area contributed by atoms with Crippen LogP contribution in [0, 0.1) is 20.2 Å². The fourth-order valence-electron chi connectivity index (χ4n) is 2.68. The van der Waals surface area contributed by atoms with Gasteiger partial charge in [-0.1, -0.05) is 17.7 Å². The zero-order valence-corrected chi connectivity index (χ0v) is 18.3. The lowest BCUT2D eigenvalue weighted by Crippen LogP contribution is -2.01. The monoisotopic (exact) mass is 507 g/mol. The van der Waals surface area contributed by atoms with Gasteiger partial charge < -0.3 is 14.8 Å². The van der Waals surface area contributed by atoms with Crippen molar-refractivity contribution in [2.45, 2.75) is 6.54 Å². The van der Waals surface area contributed by atoms with Crippen LogP contribution in [0.15, 0.2) is 59.1 Å². The van der Waals surface area contributed by atoms with Crippen molar-refractivity contribution in [3.05, 3.63) is 89.9 Å². The Morgan fingerprint density at radius 2 is 1.71 bits per heavy atom. The summed E-state index contributed by atoms with van der Waals surface area (Å²) in [6.45, 7) is 0.465. The number of rotatable bonds is 8. The standard InChI is InChI=1S/C20H15BrClN3O6/c1-30-20-8-12(11-23-13-3-5-15(21)16(22)9-13)2-6-19(20)31-18-7-4-14(24(26)27)10-17(18)25(28)29/h2-10,23H,11H2,1H3. The second-order valence-electron chi connectivity index (χ2n) is 6.24. The smallest absolute Gasteiger partial charge is 0.318 e. The molecule has 0 spiro atoms. The third kappa shape index (κ3) is 5.41. The summed E-state index contributed by atoms with van der Waals surface area (Å²) >= 11 is 9.43. The molecule has 3 aromatic carbocycles. The molecule has 0 aliphatic carbocycles. The predicted molar refractivity (Wildman–Crippen MR) is 119 cm³/mol. The normalized spacial score (nSPS) is 10.4. The van der Waals surface area contributed by atoms with Crippen LogP contribution in [0.1, 0.15) is 5.56 Å². The Morgan fingerprint density at radius 1 is 0.968 bits per heavy atom. The molecule has 0 amide bonds. The van der Waals surface area contributed by atoms with Crippen LogP contribution in [0.4, 0.5) is 17.1 Å². The predicted octanol–water partition coefficient (Wildman–Crippen LogP) is 6.33. The van der Waals surface area contributed by atoms with E-state index >= 15 is 0 Å². The minimum Gasteiger partial charge on any atom is -0.493 e. The molecule has 160 valence electrons. The van der Waals surface area contributed by atoms with Crippen LogP contribution in [-0.2, 0) is 6.54 Å². The molecule has 11 heteroatoms. The number of non-ortho nitro benzene ring substituents is 1. The number of hydrogen-bond acceptors (Lipinski definition) is 7. The Kier molecular flexibility index (Phi) is 6.93. The highest BCUT2D eigenvalue weighted by Gasteiger charge is 2.22. The van der Waals surface area contributed by atoms with Crippen molar-refractivity contribution in [2.24, 2.45) is 0 Å². The first-order valence-electron chi connectivity index (χ1n) is 8.75. The fourth-order valence-corrected chi connectivity index (χ4v) is 3.11. The van der Waals surface area contributed by atoms with E-state index in [0.29, 0.717) is 17.3 Å². The van der Waals surface area contributed by atoms with Gasteiger partial charge in [0.05, 0.1) is 28.0 Å². The van der Waals surface area contributed by atoms with E-state index in [1.807, 2.05) is 12.1 Å². The van der Waals surface area contributed by atoms with E-state index in [0.717, 1.165) is 27.9 Å². The molecule has 0 atom stereocenters. The van der Waals surface area contributed by atoms with Gasteiger partial charge in [-0.05, 0) is 57.9 Å². The van der Waals surface area contributed by atoms with Crippen molar-refractivity contribution < 1.29 is 19.3 Å². The fraction of sp³-hybridized carbons (Fsp3) is 0.100. The maximum atomic E-state index is 11.3. The lowest BCUT2D eigenvalue weighted by Gasteiger charge is -2.13. The van der Waals surface area contributed by atoms with Crippen molar-refractivity contribution in [3.63, 3.8) is 0 Å². The highest BCUT2D eigenvalue weighted by Crippen LogP contribution is 2.38. The van der Waals surface area contributed by atoms with E-state index in [1.165, 1.54) is 13.2 Å². The maximum Gasteiger partial charge on any atom is 0.318 e. The summed E-state index contributed by atoms with van der Waals surface area (Å²) < 4.78 is 11.8. The number of ether oxygens (including phenoxy) is 2. The SMILES string of the molecule is COc1cc(CNc2ccc(Br)c(Cl)c2)ccc1Oc1ccc([N+](=O)[O-])cc1[N+](=O)[O-]. The average Bonchev–Trinajstić information content (AvgIpc) is 2.75. The first-order chi connectivity index (χ1) is 14.8. The third-order valence-electron chi connectivity index (χ3n) is 4.21. The van der Waals surface area contributed by atoms with Gasteiger partial charge in [0.1, 0.15) is 0 Å². The summed E-state index contributed by atoms with van der Waals surface area (Å²) in [6, 6.07) is 13.8. The highest BCUT2D eigenvalue weighted by molar-refractivity contribution is 9.10. The summed E-state index contributed by atoms with van der Waals surface area (Å²) in [5.74, 6) is 0.444. The van der Waals surface area contributed by atoms with Crippen molar-refractivity contribution in [3.8, 4) is 17.2 Å². The quantitative estimate of drug-likeness (QED) is 0.279. The molecular weight excluding hydrogens is 494 g/mol. The van der Waals surface area contributed by atoms with Gasteiger partial charge >= 0.3 is 5.69 Å². The van der Waals surface area contributed by atoms with Crippen molar-refractivity contribution >= 4 is 44.6 Å². The highest BCUT2D eigenvalue weighted by atomic mass is 79.9. The average molecular weight is 509 g/mol. The first-order valence-corrected chi connectivity index (χ1v) is 9.92. The van der Waals surface area contributed by atoms with E-state index in [-0.39, 0.29) is 11.5 Å². The van der Waals surface area contributed by atoms with Gasteiger partial charge in [0.2, 0.25) is 5.75 Å². The molecule has 31 heavy (non-hydrogen) atoms. The summed E-state index contributed by atoms with van der Waals surface area (Å²) in [6.07, 6.45) is 0. The molecular formula is C20H15BrClN3O6. The molecule has 0 radical (unpaired) electrons. The van der Waals surface area contributed by atoms with Gasteiger partial charge in [-0.2, -0.15) is 0 Å². The van der Waals surface area contributed by atoms with Gasteiger partial charge in [-0.15, -0.1) is 0 Å². The number of benzene rings is 3. The van der Waals surface area contributed by atoms with Crippen LogP contribution < -0.4 is 14.8 Å². The molecule has 0 aliphatic rings. The molecule has 9 nitrogen and oxygen atoms in total. The molecule has 0 aliphatic heterocycles. The lowest BCUT2D eigenvalue weighted by atomic mass is 10.2.